The van der Waals surface area contributed by atoms with Gasteiger partial charge in [-0.2, -0.15) is 0 Å². The van der Waals surface area contributed by atoms with E-state index in [1.165, 1.54) is 37.1 Å². The molecule has 0 heterocycles. The van der Waals surface area contributed by atoms with Crippen LogP contribution in [0.4, 0.5) is 0 Å². The van der Waals surface area contributed by atoms with Crippen LogP contribution < -0.4 is 0 Å². The van der Waals surface area contributed by atoms with Crippen LogP contribution in [0.3, 0.4) is 0 Å². The van der Waals surface area contributed by atoms with Crippen LogP contribution in [0.25, 0.3) is 0 Å². The fourth-order valence-electron chi connectivity index (χ4n) is 2.09. The Bertz CT molecular complexity index is 289. The molecular weight excluding hydrogens is 222 g/mol. The number of unbranched alkanes of at least 4 members (excludes halogenated alkanes) is 1. The van der Waals surface area contributed by atoms with Gasteiger partial charge in [0.1, 0.15) is 0 Å². The van der Waals surface area contributed by atoms with E-state index >= 15 is 0 Å². The van der Waals surface area contributed by atoms with Crippen molar-refractivity contribution >= 4 is 5.71 Å². The number of ether oxygens (including phenoxy) is 1. The Morgan fingerprint density at radius 3 is 2.67 bits per heavy atom. The van der Waals surface area contributed by atoms with E-state index in [0.717, 1.165) is 25.4 Å². The van der Waals surface area contributed by atoms with Crippen LogP contribution in [0, 0.1) is 11.8 Å². The molecule has 18 heavy (non-hydrogen) atoms. The number of rotatable bonds is 8. The molecule has 1 aliphatic carbocycles. The molecule has 0 aromatic heterocycles. The summed E-state index contributed by atoms with van der Waals surface area (Å²) < 4.78 is 5.10. The summed E-state index contributed by atoms with van der Waals surface area (Å²) in [5, 5.41) is 0. The first kappa shape index (κ1) is 15.4. The lowest BCUT2D eigenvalue weighted by molar-refractivity contribution is 0.195. The predicted molar refractivity (Wildman–Crippen MR) is 79.1 cm³/mol. The largest absolute Gasteiger partial charge is 0.385 e. The summed E-state index contributed by atoms with van der Waals surface area (Å²) >= 11 is 0. The first-order chi connectivity index (χ1) is 8.69. The summed E-state index contributed by atoms with van der Waals surface area (Å²) in [6.45, 7) is 7.52. The van der Waals surface area contributed by atoms with Crippen LogP contribution >= 0.6 is 0 Å². The predicted octanol–water partition coefficient (Wildman–Crippen LogP) is 4.60. The van der Waals surface area contributed by atoms with Crippen molar-refractivity contribution < 1.29 is 4.74 Å². The highest BCUT2D eigenvalue weighted by atomic mass is 16.5. The van der Waals surface area contributed by atoms with Crippen molar-refractivity contribution in [2.75, 3.05) is 13.7 Å². The maximum atomic E-state index is 5.10. The van der Waals surface area contributed by atoms with Crippen LogP contribution in [0.1, 0.15) is 59.3 Å². The van der Waals surface area contributed by atoms with E-state index in [1.807, 2.05) is 0 Å². The third-order valence-electron chi connectivity index (χ3n) is 4.06. The summed E-state index contributed by atoms with van der Waals surface area (Å²) in [6, 6.07) is 0. The monoisotopic (exact) mass is 251 g/mol. The Morgan fingerprint density at radius 2 is 2.17 bits per heavy atom. The first-order valence-electron chi connectivity index (χ1n) is 7.43. The lowest BCUT2D eigenvalue weighted by atomic mass is 9.82. The molecule has 2 nitrogen and oxygen atoms in total. The van der Waals surface area contributed by atoms with E-state index in [9.17, 15) is 0 Å². The van der Waals surface area contributed by atoms with E-state index in [0.29, 0.717) is 5.92 Å². The number of hydrogen-bond donors (Lipinski definition) is 0. The minimum absolute atomic E-state index is 0.604. The van der Waals surface area contributed by atoms with Crippen molar-refractivity contribution in [2.24, 2.45) is 16.8 Å². The topological polar surface area (TPSA) is 21.6 Å². The number of aliphatic imine (C=N–C) groups is 1. The SMILES string of the molecule is CCC(C)/C(C)=N\C(=C/CCCOC)C1CCC1. The van der Waals surface area contributed by atoms with Crippen LogP contribution in [0.5, 0.6) is 0 Å². The van der Waals surface area contributed by atoms with Crippen molar-refractivity contribution in [2.45, 2.75) is 59.3 Å². The minimum Gasteiger partial charge on any atom is -0.385 e. The minimum atomic E-state index is 0.604. The van der Waals surface area contributed by atoms with Gasteiger partial charge in [0.05, 0.1) is 0 Å². The summed E-state index contributed by atoms with van der Waals surface area (Å²) in [5.74, 6) is 1.33. The second kappa shape index (κ2) is 8.47. The molecule has 1 atom stereocenters. The second-order valence-electron chi connectivity index (χ2n) is 5.45. The Balaban J connectivity index is 2.60. The van der Waals surface area contributed by atoms with E-state index in [2.05, 4.69) is 26.8 Å². The van der Waals surface area contributed by atoms with Crippen molar-refractivity contribution in [3.05, 3.63) is 11.8 Å². The molecule has 1 aliphatic rings. The van der Waals surface area contributed by atoms with E-state index < -0.39 is 0 Å². The van der Waals surface area contributed by atoms with Crippen molar-refractivity contribution in [1.82, 2.24) is 0 Å². The van der Waals surface area contributed by atoms with Crippen molar-refractivity contribution in [1.29, 1.82) is 0 Å². The number of methoxy groups -OCH3 is 1. The third-order valence-corrected chi connectivity index (χ3v) is 4.06. The van der Waals surface area contributed by atoms with Crippen LogP contribution in [-0.4, -0.2) is 19.4 Å². The number of allylic oxidation sites excluding steroid dienone is 2. The number of hydrogen-bond acceptors (Lipinski definition) is 2. The van der Waals surface area contributed by atoms with Gasteiger partial charge in [0.25, 0.3) is 0 Å². The lowest BCUT2D eigenvalue weighted by Gasteiger charge is -2.27. The molecule has 1 fully saturated rings. The van der Waals surface area contributed by atoms with Crippen LogP contribution in [0.2, 0.25) is 0 Å². The maximum absolute atomic E-state index is 5.10. The smallest absolute Gasteiger partial charge is 0.0465 e. The zero-order valence-corrected chi connectivity index (χ0v) is 12.5. The highest BCUT2D eigenvalue weighted by molar-refractivity contribution is 5.84. The first-order valence-corrected chi connectivity index (χ1v) is 7.43. The normalized spacial score (nSPS) is 19.8. The van der Waals surface area contributed by atoms with Gasteiger partial charge in [-0.1, -0.05) is 26.3 Å². The van der Waals surface area contributed by atoms with Gasteiger partial charge < -0.3 is 4.74 Å². The van der Waals surface area contributed by atoms with Gasteiger partial charge in [-0.05, 0) is 44.9 Å². The molecule has 0 amide bonds. The number of nitrogens with zero attached hydrogens (tertiary/aromatic N) is 1. The zero-order valence-electron chi connectivity index (χ0n) is 12.5. The summed E-state index contributed by atoms with van der Waals surface area (Å²) in [6.07, 6.45) is 9.74. The molecule has 0 bridgehead atoms. The van der Waals surface area contributed by atoms with Gasteiger partial charge in [0.2, 0.25) is 0 Å². The van der Waals surface area contributed by atoms with Gasteiger partial charge in [-0.3, -0.25) is 4.99 Å². The molecule has 1 saturated carbocycles. The second-order valence-corrected chi connectivity index (χ2v) is 5.45. The fraction of sp³-hybridized carbons (Fsp3) is 0.812. The Hall–Kier alpha value is -0.630. The van der Waals surface area contributed by atoms with Gasteiger partial charge in [-0.15, -0.1) is 0 Å². The molecule has 0 aromatic carbocycles. The molecule has 104 valence electrons. The molecular formula is C16H29NO. The molecule has 2 heteroatoms. The van der Waals surface area contributed by atoms with Crippen molar-refractivity contribution in [3.63, 3.8) is 0 Å². The molecule has 0 radical (unpaired) electrons. The molecule has 0 aliphatic heterocycles. The summed E-state index contributed by atoms with van der Waals surface area (Å²) in [4.78, 5) is 4.90. The summed E-state index contributed by atoms with van der Waals surface area (Å²) in [5.41, 5.74) is 2.64. The van der Waals surface area contributed by atoms with Gasteiger partial charge in [0.15, 0.2) is 0 Å². The molecule has 0 spiro atoms. The lowest BCUT2D eigenvalue weighted by Crippen LogP contribution is -2.15. The fourth-order valence-corrected chi connectivity index (χ4v) is 2.09. The Morgan fingerprint density at radius 1 is 1.44 bits per heavy atom. The van der Waals surface area contributed by atoms with Crippen LogP contribution in [0.15, 0.2) is 16.8 Å². The molecule has 1 unspecified atom stereocenters. The maximum Gasteiger partial charge on any atom is 0.0465 e. The van der Waals surface area contributed by atoms with Crippen molar-refractivity contribution in [3.8, 4) is 0 Å². The third kappa shape index (κ3) is 4.93. The Kier molecular flexibility index (Phi) is 7.26. The van der Waals surface area contributed by atoms with Gasteiger partial charge >= 0.3 is 0 Å². The van der Waals surface area contributed by atoms with Crippen LogP contribution in [-0.2, 0) is 4.74 Å². The van der Waals surface area contributed by atoms with E-state index in [-0.39, 0.29) is 0 Å². The highest BCUT2D eigenvalue weighted by Crippen LogP contribution is 2.34. The quantitative estimate of drug-likeness (QED) is 0.456. The molecule has 1 rings (SSSR count). The van der Waals surface area contributed by atoms with E-state index in [1.54, 1.807) is 7.11 Å². The van der Waals surface area contributed by atoms with Gasteiger partial charge in [0, 0.05) is 31.0 Å². The highest BCUT2D eigenvalue weighted by Gasteiger charge is 2.21. The molecule has 0 N–H and O–H groups in total. The average molecular weight is 251 g/mol. The molecule has 0 aromatic rings. The Labute approximate surface area is 113 Å². The standard InChI is InChI=1S/C16H29NO/c1-5-13(2)14(3)17-16(15-9-8-10-15)11-6-7-12-18-4/h11,13,15H,5-10,12H2,1-4H3/b16-11-,17-14-. The molecule has 0 saturated heterocycles. The zero-order chi connectivity index (χ0) is 13.4. The summed E-state index contributed by atoms with van der Waals surface area (Å²) in [7, 11) is 1.77. The van der Waals surface area contributed by atoms with Gasteiger partial charge in [-0.25, -0.2) is 0 Å². The van der Waals surface area contributed by atoms with E-state index in [4.69, 9.17) is 9.73 Å². The average Bonchev–Trinajstić information content (AvgIpc) is 2.31.